The van der Waals surface area contributed by atoms with Crippen molar-refractivity contribution < 1.29 is 14.4 Å². The fourth-order valence-corrected chi connectivity index (χ4v) is 2.89. The third-order valence-corrected chi connectivity index (χ3v) is 4.11. The summed E-state index contributed by atoms with van der Waals surface area (Å²) >= 11 is 0.854. The van der Waals surface area contributed by atoms with Crippen LogP contribution in [0.1, 0.15) is 16.1 Å². The molecular formula is C16H14N6O3S. The largest absolute Gasteiger partial charge is 0.367 e. The number of aromatic nitrogens is 4. The van der Waals surface area contributed by atoms with E-state index < -0.39 is 23.6 Å². The van der Waals surface area contributed by atoms with Gasteiger partial charge < -0.3 is 16.0 Å². The Bertz CT molecular complexity index is 923. The van der Waals surface area contributed by atoms with Gasteiger partial charge in [0, 0.05) is 25.0 Å². The first-order valence-electron chi connectivity index (χ1n) is 7.56. The van der Waals surface area contributed by atoms with Gasteiger partial charge in [-0.3, -0.25) is 19.4 Å². The van der Waals surface area contributed by atoms with Crippen molar-refractivity contribution in [3.05, 3.63) is 54.1 Å². The molecule has 9 nitrogen and oxygen atoms in total. The topological polar surface area (TPSA) is 144 Å². The summed E-state index contributed by atoms with van der Waals surface area (Å²) in [5.74, 6) is -2.64. The molecule has 0 aromatic carbocycles. The number of hydrogen-bond acceptors (Lipinski definition) is 7. The quantitative estimate of drug-likeness (QED) is 0.511. The number of Topliss-reactive ketones (excluding diaryl/α,β-unsaturated/α-hetero) is 1. The van der Waals surface area contributed by atoms with Crippen LogP contribution in [0.2, 0.25) is 0 Å². The lowest BCUT2D eigenvalue weighted by Crippen LogP contribution is -2.47. The molecule has 0 aliphatic carbocycles. The smallest absolute Gasteiger partial charge is 0.287 e. The van der Waals surface area contributed by atoms with Gasteiger partial charge in [-0.15, -0.1) is 0 Å². The maximum Gasteiger partial charge on any atom is 0.287 e. The highest BCUT2D eigenvalue weighted by atomic mass is 32.1. The lowest BCUT2D eigenvalue weighted by molar-refractivity contribution is -0.137. The van der Waals surface area contributed by atoms with E-state index in [1.165, 1.54) is 0 Å². The second-order valence-electron chi connectivity index (χ2n) is 5.35. The maximum atomic E-state index is 12.6. The summed E-state index contributed by atoms with van der Waals surface area (Å²) in [6.45, 7) is 0. The average molecular weight is 370 g/mol. The van der Waals surface area contributed by atoms with E-state index in [4.69, 9.17) is 5.73 Å². The molecule has 0 spiro atoms. The highest BCUT2D eigenvalue weighted by Gasteiger charge is 2.28. The van der Waals surface area contributed by atoms with Gasteiger partial charge in [-0.25, -0.2) is 0 Å². The Morgan fingerprint density at radius 2 is 2.08 bits per heavy atom. The van der Waals surface area contributed by atoms with Crippen molar-refractivity contribution >= 4 is 29.3 Å². The van der Waals surface area contributed by atoms with Crippen LogP contribution < -0.4 is 11.1 Å². The second-order valence-corrected chi connectivity index (χ2v) is 5.88. The van der Waals surface area contributed by atoms with Crippen LogP contribution >= 0.6 is 11.7 Å². The first kappa shape index (κ1) is 17.4. The Morgan fingerprint density at radius 1 is 1.23 bits per heavy atom. The van der Waals surface area contributed by atoms with Crippen LogP contribution in [0.3, 0.4) is 0 Å². The Kier molecular flexibility index (Phi) is 5.13. The van der Waals surface area contributed by atoms with Gasteiger partial charge in [-0.05, 0) is 23.8 Å². The van der Waals surface area contributed by atoms with E-state index in [0.29, 0.717) is 11.4 Å². The van der Waals surface area contributed by atoms with Crippen molar-refractivity contribution in [1.29, 1.82) is 0 Å². The van der Waals surface area contributed by atoms with Gasteiger partial charge in [0.25, 0.3) is 11.8 Å². The molecule has 1 unspecified atom stereocenters. The molecule has 0 saturated carbocycles. The predicted molar refractivity (Wildman–Crippen MR) is 93.1 cm³/mol. The number of nitrogens with zero attached hydrogens (tertiary/aromatic N) is 3. The van der Waals surface area contributed by atoms with Crippen molar-refractivity contribution in [2.45, 2.75) is 12.5 Å². The minimum absolute atomic E-state index is 0.0324. The molecule has 0 aliphatic heterocycles. The van der Waals surface area contributed by atoms with Gasteiger partial charge in [0.1, 0.15) is 11.7 Å². The molecular weight excluding hydrogens is 356 g/mol. The lowest BCUT2D eigenvalue weighted by Gasteiger charge is -2.15. The number of primary amides is 1. The maximum absolute atomic E-state index is 12.6. The lowest BCUT2D eigenvalue weighted by atomic mass is 10.0. The SMILES string of the molecule is NC(=O)C(=O)C(Cc1cc[nH]c1)NC(=O)c1nsnc1-c1ccccn1. The molecule has 3 aromatic heterocycles. The number of pyridine rings is 1. The van der Waals surface area contributed by atoms with Crippen LogP contribution in [-0.4, -0.2) is 42.4 Å². The molecule has 132 valence electrons. The van der Waals surface area contributed by atoms with E-state index in [2.05, 4.69) is 24.0 Å². The van der Waals surface area contributed by atoms with E-state index in [9.17, 15) is 14.4 Å². The van der Waals surface area contributed by atoms with Crippen LogP contribution in [-0.2, 0) is 16.0 Å². The molecule has 3 rings (SSSR count). The zero-order chi connectivity index (χ0) is 18.5. The second kappa shape index (κ2) is 7.66. The number of ketones is 1. The standard InChI is InChI=1S/C16H14N6O3S/c17-15(24)14(23)11(7-9-4-6-18-8-9)20-16(25)13-12(21-26-22-13)10-3-1-2-5-19-10/h1-6,8,11,18H,7H2,(H2,17,24)(H,20,25). The minimum Gasteiger partial charge on any atom is -0.367 e. The zero-order valence-corrected chi connectivity index (χ0v) is 14.2. The zero-order valence-electron chi connectivity index (χ0n) is 13.4. The predicted octanol–water partition coefficient (Wildman–Crippen LogP) is 0.324. The van der Waals surface area contributed by atoms with Crippen molar-refractivity contribution in [3.8, 4) is 11.4 Å². The first-order valence-corrected chi connectivity index (χ1v) is 8.29. The van der Waals surface area contributed by atoms with Gasteiger partial charge >= 0.3 is 0 Å². The van der Waals surface area contributed by atoms with Gasteiger partial charge in [0.05, 0.1) is 17.4 Å². The summed E-state index contributed by atoms with van der Waals surface area (Å²) in [5, 5.41) is 2.52. The molecule has 2 amide bonds. The normalized spacial score (nSPS) is 11.7. The van der Waals surface area contributed by atoms with Crippen LogP contribution in [0, 0.1) is 0 Å². The molecule has 0 saturated heterocycles. The van der Waals surface area contributed by atoms with Crippen LogP contribution in [0.5, 0.6) is 0 Å². The number of hydrogen-bond donors (Lipinski definition) is 3. The number of nitrogens with two attached hydrogens (primary N) is 1. The fourth-order valence-electron chi connectivity index (χ4n) is 2.34. The summed E-state index contributed by atoms with van der Waals surface area (Å²) in [4.78, 5) is 43.0. The summed E-state index contributed by atoms with van der Waals surface area (Å²) in [7, 11) is 0. The number of H-pyrrole nitrogens is 1. The van der Waals surface area contributed by atoms with Crippen LogP contribution in [0.15, 0.2) is 42.9 Å². The van der Waals surface area contributed by atoms with Gasteiger partial charge in [0.2, 0.25) is 5.78 Å². The van der Waals surface area contributed by atoms with E-state index in [1.54, 1.807) is 42.9 Å². The van der Waals surface area contributed by atoms with E-state index in [1.807, 2.05) is 0 Å². The summed E-state index contributed by atoms with van der Waals surface area (Å²) in [6.07, 6.45) is 5.03. The molecule has 0 fully saturated rings. The third kappa shape index (κ3) is 3.81. The summed E-state index contributed by atoms with van der Waals surface area (Å²) in [5.41, 5.74) is 6.66. The average Bonchev–Trinajstić information content (AvgIpc) is 3.32. The van der Waals surface area contributed by atoms with Gasteiger partial charge in [0.15, 0.2) is 5.69 Å². The number of aromatic amines is 1. The van der Waals surface area contributed by atoms with Crippen LogP contribution in [0.25, 0.3) is 11.4 Å². The van der Waals surface area contributed by atoms with E-state index in [0.717, 1.165) is 17.3 Å². The molecule has 0 aliphatic rings. The Balaban J connectivity index is 1.83. The molecule has 10 heteroatoms. The van der Waals surface area contributed by atoms with Crippen molar-refractivity contribution in [3.63, 3.8) is 0 Å². The Morgan fingerprint density at radius 3 is 2.73 bits per heavy atom. The number of carbonyl (C=O) groups excluding carboxylic acids is 3. The molecule has 3 aromatic rings. The Hall–Kier alpha value is -3.40. The van der Waals surface area contributed by atoms with Gasteiger partial charge in [-0.1, -0.05) is 6.07 Å². The summed E-state index contributed by atoms with van der Waals surface area (Å²) < 4.78 is 8.09. The van der Waals surface area contributed by atoms with Crippen molar-refractivity contribution in [2.24, 2.45) is 5.73 Å². The first-order chi connectivity index (χ1) is 12.6. The molecule has 1 atom stereocenters. The number of rotatable bonds is 7. The fraction of sp³-hybridized carbons (Fsp3) is 0.125. The molecule has 26 heavy (non-hydrogen) atoms. The van der Waals surface area contributed by atoms with Crippen LogP contribution in [0.4, 0.5) is 0 Å². The van der Waals surface area contributed by atoms with Crippen molar-refractivity contribution in [2.75, 3.05) is 0 Å². The summed E-state index contributed by atoms with van der Waals surface area (Å²) in [6, 6.07) is 5.82. The number of nitrogens with one attached hydrogen (secondary N) is 2. The third-order valence-electron chi connectivity index (χ3n) is 3.58. The molecule has 3 heterocycles. The highest BCUT2D eigenvalue weighted by molar-refractivity contribution is 6.99. The monoisotopic (exact) mass is 370 g/mol. The van der Waals surface area contributed by atoms with E-state index in [-0.39, 0.29) is 12.1 Å². The molecule has 0 radical (unpaired) electrons. The molecule has 4 N–H and O–H groups in total. The Labute approximate surface area is 152 Å². The van der Waals surface area contributed by atoms with Gasteiger partial charge in [-0.2, -0.15) is 8.75 Å². The van der Waals surface area contributed by atoms with Crippen molar-refractivity contribution in [1.82, 2.24) is 24.0 Å². The minimum atomic E-state index is -1.12. The number of amides is 2. The number of carbonyl (C=O) groups is 3. The molecule has 0 bridgehead atoms. The highest BCUT2D eigenvalue weighted by Crippen LogP contribution is 2.19. The van der Waals surface area contributed by atoms with E-state index >= 15 is 0 Å².